The van der Waals surface area contributed by atoms with Crippen LogP contribution in [-0.2, 0) is 0 Å². The second-order valence-corrected chi connectivity index (χ2v) is 5.08. The number of methoxy groups -OCH3 is 1. The summed E-state index contributed by atoms with van der Waals surface area (Å²) in [5, 5.41) is 3.38. The zero-order valence-electron chi connectivity index (χ0n) is 11.1. The number of nitrogens with one attached hydrogen (secondary N) is 1. The van der Waals surface area contributed by atoms with E-state index in [1.54, 1.807) is 7.11 Å². The molecule has 0 radical (unpaired) electrons. The van der Waals surface area contributed by atoms with Gasteiger partial charge in [-0.2, -0.15) is 0 Å². The highest BCUT2D eigenvalue weighted by atomic mass is 16.5. The first-order chi connectivity index (χ1) is 8.24. The minimum atomic E-state index is 0.675. The Bertz CT molecular complexity index is 367. The molecular weight excluding hydrogens is 210 g/mol. The molecule has 0 bridgehead atoms. The molecule has 1 N–H and O–H groups in total. The van der Waals surface area contributed by atoms with Gasteiger partial charge < -0.3 is 10.1 Å². The van der Waals surface area contributed by atoms with Crippen LogP contribution in [0.3, 0.4) is 0 Å². The van der Waals surface area contributed by atoms with Gasteiger partial charge in [0.1, 0.15) is 5.75 Å². The standard InChI is InChI=1S/C15H23NO/c1-11-4-9-15(17-3)14(10-11)12-5-7-13(16-2)8-6-12/h4,9-10,12-13,16H,5-8H2,1-3H3. The van der Waals surface area contributed by atoms with E-state index in [1.165, 1.54) is 36.8 Å². The third kappa shape index (κ3) is 2.81. The predicted molar refractivity (Wildman–Crippen MR) is 71.8 cm³/mol. The molecule has 0 unspecified atom stereocenters. The summed E-state index contributed by atoms with van der Waals surface area (Å²) < 4.78 is 5.49. The Kier molecular flexibility index (Phi) is 4.06. The van der Waals surface area contributed by atoms with Crippen molar-refractivity contribution in [3.63, 3.8) is 0 Å². The van der Waals surface area contributed by atoms with Crippen molar-refractivity contribution in [3.8, 4) is 5.75 Å². The van der Waals surface area contributed by atoms with E-state index >= 15 is 0 Å². The zero-order chi connectivity index (χ0) is 12.3. The van der Waals surface area contributed by atoms with E-state index in [0.717, 1.165) is 5.75 Å². The molecule has 1 aromatic carbocycles. The summed E-state index contributed by atoms with van der Waals surface area (Å²) in [5.74, 6) is 1.73. The molecule has 1 aliphatic carbocycles. The average molecular weight is 233 g/mol. The van der Waals surface area contributed by atoms with Crippen LogP contribution in [0.25, 0.3) is 0 Å². The molecule has 1 saturated carbocycles. The average Bonchev–Trinajstić information content (AvgIpc) is 2.39. The minimum absolute atomic E-state index is 0.675. The lowest BCUT2D eigenvalue weighted by Crippen LogP contribution is -2.29. The van der Waals surface area contributed by atoms with Gasteiger partial charge >= 0.3 is 0 Å². The smallest absolute Gasteiger partial charge is 0.122 e. The molecule has 17 heavy (non-hydrogen) atoms. The minimum Gasteiger partial charge on any atom is -0.496 e. The quantitative estimate of drug-likeness (QED) is 0.865. The van der Waals surface area contributed by atoms with Crippen molar-refractivity contribution in [3.05, 3.63) is 29.3 Å². The largest absolute Gasteiger partial charge is 0.496 e. The molecule has 0 aromatic heterocycles. The van der Waals surface area contributed by atoms with Gasteiger partial charge in [-0.25, -0.2) is 0 Å². The van der Waals surface area contributed by atoms with Crippen LogP contribution in [0.15, 0.2) is 18.2 Å². The Morgan fingerprint density at radius 2 is 1.88 bits per heavy atom. The van der Waals surface area contributed by atoms with E-state index in [2.05, 4.69) is 37.5 Å². The molecule has 94 valence electrons. The SMILES string of the molecule is CNC1CCC(c2cc(C)ccc2OC)CC1. The third-order valence-corrected chi connectivity index (χ3v) is 3.96. The van der Waals surface area contributed by atoms with Crippen molar-refractivity contribution in [2.45, 2.75) is 44.6 Å². The van der Waals surface area contributed by atoms with Gasteiger partial charge in [0, 0.05) is 6.04 Å². The van der Waals surface area contributed by atoms with Crippen molar-refractivity contribution in [1.82, 2.24) is 5.32 Å². The van der Waals surface area contributed by atoms with Crippen molar-refractivity contribution in [1.29, 1.82) is 0 Å². The second-order valence-electron chi connectivity index (χ2n) is 5.08. The summed E-state index contributed by atoms with van der Waals surface area (Å²) in [7, 11) is 3.84. The maximum Gasteiger partial charge on any atom is 0.122 e. The van der Waals surface area contributed by atoms with Gasteiger partial charge in [0.15, 0.2) is 0 Å². The van der Waals surface area contributed by atoms with Gasteiger partial charge in [0.25, 0.3) is 0 Å². The number of ether oxygens (including phenoxy) is 1. The lowest BCUT2D eigenvalue weighted by Gasteiger charge is -2.29. The zero-order valence-corrected chi connectivity index (χ0v) is 11.1. The molecule has 0 aliphatic heterocycles. The summed E-state index contributed by atoms with van der Waals surface area (Å²) in [6.07, 6.45) is 5.09. The number of rotatable bonds is 3. The Morgan fingerprint density at radius 3 is 2.47 bits per heavy atom. The molecule has 1 aliphatic rings. The number of benzene rings is 1. The molecular formula is C15H23NO. The molecule has 0 atom stereocenters. The van der Waals surface area contributed by atoms with Crippen LogP contribution in [0.1, 0.15) is 42.7 Å². The Labute approximate surface area is 104 Å². The predicted octanol–water partition coefficient (Wildman–Crippen LogP) is 3.25. The fourth-order valence-electron chi connectivity index (χ4n) is 2.87. The topological polar surface area (TPSA) is 21.3 Å². The van der Waals surface area contributed by atoms with Crippen LogP contribution in [0, 0.1) is 6.92 Å². The molecule has 0 heterocycles. The third-order valence-electron chi connectivity index (χ3n) is 3.96. The van der Waals surface area contributed by atoms with Crippen LogP contribution in [-0.4, -0.2) is 20.2 Å². The van der Waals surface area contributed by atoms with E-state index in [-0.39, 0.29) is 0 Å². The molecule has 0 spiro atoms. The number of aryl methyl sites for hydroxylation is 1. The summed E-state index contributed by atoms with van der Waals surface area (Å²) in [6, 6.07) is 7.24. The van der Waals surface area contributed by atoms with Gasteiger partial charge in [-0.05, 0) is 57.2 Å². The van der Waals surface area contributed by atoms with Gasteiger partial charge in [-0.15, -0.1) is 0 Å². The van der Waals surface area contributed by atoms with E-state index in [4.69, 9.17) is 4.74 Å². The highest BCUT2D eigenvalue weighted by molar-refractivity contribution is 5.39. The fraction of sp³-hybridized carbons (Fsp3) is 0.600. The van der Waals surface area contributed by atoms with E-state index in [9.17, 15) is 0 Å². The number of hydrogen-bond acceptors (Lipinski definition) is 2. The molecule has 2 rings (SSSR count). The van der Waals surface area contributed by atoms with Crippen LogP contribution in [0.5, 0.6) is 5.75 Å². The number of hydrogen-bond donors (Lipinski definition) is 1. The van der Waals surface area contributed by atoms with Crippen molar-refractivity contribution >= 4 is 0 Å². The summed E-state index contributed by atoms with van der Waals surface area (Å²) in [4.78, 5) is 0. The van der Waals surface area contributed by atoms with E-state index < -0.39 is 0 Å². The maximum absolute atomic E-state index is 5.49. The lowest BCUT2D eigenvalue weighted by molar-refractivity contribution is 0.345. The molecule has 1 aromatic rings. The fourth-order valence-corrected chi connectivity index (χ4v) is 2.87. The molecule has 0 saturated heterocycles. The van der Waals surface area contributed by atoms with Crippen LogP contribution < -0.4 is 10.1 Å². The lowest BCUT2D eigenvalue weighted by atomic mass is 9.81. The summed E-state index contributed by atoms with van der Waals surface area (Å²) in [6.45, 7) is 2.15. The van der Waals surface area contributed by atoms with Crippen molar-refractivity contribution < 1.29 is 4.74 Å². The highest BCUT2D eigenvalue weighted by Crippen LogP contribution is 2.37. The van der Waals surface area contributed by atoms with E-state index in [1.807, 2.05) is 0 Å². The maximum atomic E-state index is 5.49. The first-order valence-electron chi connectivity index (χ1n) is 6.56. The van der Waals surface area contributed by atoms with Crippen molar-refractivity contribution in [2.75, 3.05) is 14.2 Å². The van der Waals surface area contributed by atoms with Crippen LogP contribution in [0.2, 0.25) is 0 Å². The van der Waals surface area contributed by atoms with Gasteiger partial charge in [-0.1, -0.05) is 17.7 Å². The summed E-state index contributed by atoms with van der Waals surface area (Å²) in [5.41, 5.74) is 2.73. The van der Waals surface area contributed by atoms with Gasteiger partial charge in [-0.3, -0.25) is 0 Å². The molecule has 2 nitrogen and oxygen atoms in total. The molecule has 1 fully saturated rings. The Morgan fingerprint density at radius 1 is 1.18 bits per heavy atom. The van der Waals surface area contributed by atoms with E-state index in [0.29, 0.717) is 12.0 Å². The van der Waals surface area contributed by atoms with Crippen LogP contribution >= 0.6 is 0 Å². The first kappa shape index (κ1) is 12.4. The Balaban J connectivity index is 2.14. The second kappa shape index (κ2) is 5.54. The first-order valence-corrected chi connectivity index (χ1v) is 6.56. The summed E-state index contributed by atoms with van der Waals surface area (Å²) >= 11 is 0. The van der Waals surface area contributed by atoms with Gasteiger partial charge in [0.2, 0.25) is 0 Å². The normalized spacial score (nSPS) is 24.6. The monoisotopic (exact) mass is 233 g/mol. The molecule has 2 heteroatoms. The van der Waals surface area contributed by atoms with Crippen LogP contribution in [0.4, 0.5) is 0 Å². The Hall–Kier alpha value is -1.02. The van der Waals surface area contributed by atoms with Crippen molar-refractivity contribution in [2.24, 2.45) is 0 Å². The highest BCUT2D eigenvalue weighted by Gasteiger charge is 2.23. The van der Waals surface area contributed by atoms with Gasteiger partial charge in [0.05, 0.1) is 7.11 Å². The molecule has 0 amide bonds.